The van der Waals surface area contributed by atoms with Crippen molar-refractivity contribution in [2.75, 3.05) is 6.61 Å². The van der Waals surface area contributed by atoms with Crippen LogP contribution in [0, 0.1) is 0 Å². The molecule has 1 amide bonds. The van der Waals surface area contributed by atoms with Gasteiger partial charge in [-0.25, -0.2) is 4.79 Å². The second-order valence-electron chi connectivity index (χ2n) is 4.59. The van der Waals surface area contributed by atoms with Gasteiger partial charge in [-0.2, -0.15) is 0 Å². The lowest BCUT2D eigenvalue weighted by molar-refractivity contribution is -0.143. The number of amides is 1. The van der Waals surface area contributed by atoms with Crippen LogP contribution in [0.1, 0.15) is 47.0 Å². The summed E-state index contributed by atoms with van der Waals surface area (Å²) >= 11 is 0. The van der Waals surface area contributed by atoms with Gasteiger partial charge in [0, 0.05) is 12.8 Å². The summed E-state index contributed by atoms with van der Waals surface area (Å²) in [4.78, 5) is 30.6. The normalized spacial score (nSPS) is 9.89. The third-order valence-electron chi connectivity index (χ3n) is 1.48. The largest absolute Gasteiger partial charge is 0.481 e. The lowest BCUT2D eigenvalue weighted by Crippen LogP contribution is -2.27. The highest BCUT2D eigenvalue weighted by atomic mass is 16.6. The highest BCUT2D eigenvalue weighted by Gasteiger charge is 2.12. The van der Waals surface area contributed by atoms with Gasteiger partial charge in [-0.3, -0.25) is 9.59 Å². The molecule has 0 aromatic carbocycles. The van der Waals surface area contributed by atoms with Crippen LogP contribution in [-0.2, 0) is 19.1 Å². The molecule has 0 aromatic heterocycles. The maximum atomic E-state index is 10.6. The minimum Gasteiger partial charge on any atom is -0.481 e. The fraction of sp³-hybridized carbons (Fsp3) is 0.750. The third-order valence-corrected chi connectivity index (χ3v) is 1.48. The highest BCUT2D eigenvalue weighted by molar-refractivity contribution is 5.71. The Morgan fingerprint density at radius 2 is 1.68 bits per heavy atom. The van der Waals surface area contributed by atoms with Gasteiger partial charge in [0.15, 0.2) is 0 Å². The summed E-state index contributed by atoms with van der Waals surface area (Å²) in [7, 11) is 0. The van der Waals surface area contributed by atoms with E-state index < -0.39 is 17.7 Å². The van der Waals surface area contributed by atoms with Crippen molar-refractivity contribution in [2.24, 2.45) is 5.73 Å². The van der Waals surface area contributed by atoms with Crippen LogP contribution in [0.4, 0.5) is 4.79 Å². The highest BCUT2D eigenvalue weighted by Crippen LogP contribution is 2.04. The molecule has 7 heteroatoms. The maximum absolute atomic E-state index is 10.6. The van der Waals surface area contributed by atoms with Crippen molar-refractivity contribution in [3.63, 3.8) is 0 Å². The Morgan fingerprint density at radius 1 is 1.16 bits per heavy atom. The zero-order valence-electron chi connectivity index (χ0n) is 11.9. The molecule has 7 nitrogen and oxygen atoms in total. The second kappa shape index (κ2) is 10.2. The Labute approximate surface area is 113 Å². The standard InChI is InChI=1S/C7H12O4.C5H11NO2/c1-2-11-7(10)5-3-4-6(8)9;1-5(2,3)8-4(6)7/h2-5H2,1H3,(H,8,9);1-3H3,(H2,6,7). The minimum absolute atomic E-state index is 0.0266. The van der Waals surface area contributed by atoms with E-state index in [0.717, 1.165) is 0 Å². The number of hydrogen-bond acceptors (Lipinski definition) is 5. The molecule has 0 heterocycles. The fourth-order valence-corrected chi connectivity index (χ4v) is 0.919. The Kier molecular flexibility index (Phi) is 10.5. The number of carbonyl (C=O) groups excluding carboxylic acids is 2. The van der Waals surface area contributed by atoms with Gasteiger partial charge in [0.1, 0.15) is 5.60 Å². The predicted molar refractivity (Wildman–Crippen MR) is 68.5 cm³/mol. The van der Waals surface area contributed by atoms with Crippen LogP contribution in [0.5, 0.6) is 0 Å². The summed E-state index contributed by atoms with van der Waals surface area (Å²) in [6.07, 6.45) is -0.148. The third kappa shape index (κ3) is 22.0. The summed E-state index contributed by atoms with van der Waals surface area (Å²) in [5, 5.41) is 8.20. The van der Waals surface area contributed by atoms with E-state index in [-0.39, 0.29) is 18.8 Å². The first-order chi connectivity index (χ1) is 8.58. The number of carboxylic acid groups (broad SMARTS) is 1. The minimum atomic E-state index is -0.880. The van der Waals surface area contributed by atoms with E-state index in [1.54, 1.807) is 27.7 Å². The van der Waals surface area contributed by atoms with Crippen molar-refractivity contribution in [1.82, 2.24) is 0 Å². The Hall–Kier alpha value is -1.79. The molecule has 0 atom stereocenters. The number of esters is 1. The van der Waals surface area contributed by atoms with E-state index in [1.165, 1.54) is 0 Å². The molecule has 0 aliphatic rings. The molecule has 0 fully saturated rings. The maximum Gasteiger partial charge on any atom is 0.405 e. The molecule has 0 bridgehead atoms. The van der Waals surface area contributed by atoms with Crippen molar-refractivity contribution < 1.29 is 29.0 Å². The van der Waals surface area contributed by atoms with E-state index in [9.17, 15) is 14.4 Å². The van der Waals surface area contributed by atoms with Crippen LogP contribution in [0.25, 0.3) is 0 Å². The zero-order valence-corrected chi connectivity index (χ0v) is 11.9. The van der Waals surface area contributed by atoms with Crippen LogP contribution in [0.15, 0.2) is 0 Å². The molecule has 0 saturated heterocycles. The van der Waals surface area contributed by atoms with Crippen LogP contribution in [0.3, 0.4) is 0 Å². The van der Waals surface area contributed by atoms with Crippen molar-refractivity contribution >= 4 is 18.0 Å². The predicted octanol–water partition coefficient (Wildman–Crippen LogP) is 1.68. The molecule has 0 saturated carbocycles. The number of carbonyl (C=O) groups is 3. The first-order valence-corrected chi connectivity index (χ1v) is 5.94. The van der Waals surface area contributed by atoms with Crippen molar-refractivity contribution in [3.05, 3.63) is 0 Å². The van der Waals surface area contributed by atoms with E-state index in [1.807, 2.05) is 0 Å². The van der Waals surface area contributed by atoms with Gasteiger partial charge in [0.05, 0.1) is 6.61 Å². The summed E-state index contributed by atoms with van der Waals surface area (Å²) in [6, 6.07) is 0. The molecule has 0 unspecified atom stereocenters. The summed E-state index contributed by atoms with van der Waals surface area (Å²) in [5.74, 6) is -1.21. The molecule has 19 heavy (non-hydrogen) atoms. The smallest absolute Gasteiger partial charge is 0.405 e. The summed E-state index contributed by atoms with van der Waals surface area (Å²) in [5.41, 5.74) is 4.26. The van der Waals surface area contributed by atoms with Crippen LogP contribution >= 0.6 is 0 Å². The van der Waals surface area contributed by atoms with Gasteiger partial charge >= 0.3 is 18.0 Å². The Balaban J connectivity index is 0. The first-order valence-electron chi connectivity index (χ1n) is 5.94. The number of primary amides is 1. The number of nitrogens with two attached hydrogens (primary N) is 1. The molecular weight excluding hydrogens is 254 g/mol. The van der Waals surface area contributed by atoms with Gasteiger partial charge < -0.3 is 20.3 Å². The van der Waals surface area contributed by atoms with Crippen molar-refractivity contribution in [1.29, 1.82) is 0 Å². The van der Waals surface area contributed by atoms with Crippen LogP contribution in [0.2, 0.25) is 0 Å². The quantitative estimate of drug-likeness (QED) is 0.738. The zero-order chi connectivity index (χ0) is 15.5. The van der Waals surface area contributed by atoms with E-state index in [0.29, 0.717) is 13.0 Å². The van der Waals surface area contributed by atoms with E-state index in [2.05, 4.69) is 9.47 Å². The second-order valence-corrected chi connectivity index (χ2v) is 4.59. The molecule has 0 rings (SSSR count). The number of rotatable bonds is 5. The lowest BCUT2D eigenvalue weighted by atomic mass is 10.2. The number of carboxylic acids is 1. The van der Waals surface area contributed by atoms with Crippen LogP contribution in [-0.4, -0.2) is 35.3 Å². The van der Waals surface area contributed by atoms with Crippen molar-refractivity contribution in [3.8, 4) is 0 Å². The van der Waals surface area contributed by atoms with E-state index >= 15 is 0 Å². The topological polar surface area (TPSA) is 116 Å². The van der Waals surface area contributed by atoms with Gasteiger partial charge in [-0.1, -0.05) is 0 Å². The lowest BCUT2D eigenvalue weighted by Gasteiger charge is -2.16. The molecule has 0 aromatic rings. The molecule has 0 spiro atoms. The average Bonchev–Trinajstić information content (AvgIpc) is 2.13. The van der Waals surface area contributed by atoms with Gasteiger partial charge in [0.25, 0.3) is 0 Å². The first kappa shape index (κ1) is 19.5. The fourth-order valence-electron chi connectivity index (χ4n) is 0.919. The molecule has 0 radical (unpaired) electrons. The average molecular weight is 277 g/mol. The molecule has 112 valence electrons. The molecule has 0 aliphatic carbocycles. The van der Waals surface area contributed by atoms with Gasteiger partial charge in [-0.05, 0) is 34.1 Å². The number of ether oxygens (including phenoxy) is 2. The number of aliphatic carboxylic acids is 1. The summed E-state index contributed by atoms with van der Waals surface area (Å²) in [6.45, 7) is 7.36. The SMILES string of the molecule is CC(C)(C)OC(N)=O.CCOC(=O)CCCC(=O)O. The summed E-state index contributed by atoms with van der Waals surface area (Å²) < 4.78 is 9.17. The molecule has 3 N–H and O–H groups in total. The monoisotopic (exact) mass is 277 g/mol. The van der Waals surface area contributed by atoms with Gasteiger partial charge in [0.2, 0.25) is 0 Å². The molecule has 0 aliphatic heterocycles. The Bertz CT molecular complexity index is 295. The number of hydrogen-bond donors (Lipinski definition) is 2. The van der Waals surface area contributed by atoms with Crippen LogP contribution < -0.4 is 5.73 Å². The Morgan fingerprint density at radius 3 is 1.95 bits per heavy atom. The van der Waals surface area contributed by atoms with E-state index in [4.69, 9.17) is 10.8 Å². The van der Waals surface area contributed by atoms with Crippen molar-refractivity contribution in [2.45, 2.75) is 52.6 Å². The molecular formula is C12H23NO6. The van der Waals surface area contributed by atoms with Gasteiger partial charge in [-0.15, -0.1) is 0 Å².